The Labute approximate surface area is 234 Å². The van der Waals surface area contributed by atoms with Gasteiger partial charge in [-0.2, -0.15) is 0 Å². The highest BCUT2D eigenvalue weighted by molar-refractivity contribution is 6.08. The van der Waals surface area contributed by atoms with E-state index in [0.717, 1.165) is 35.3 Å². The maximum atomic E-state index is 12.3. The maximum absolute atomic E-state index is 12.3. The van der Waals surface area contributed by atoms with E-state index in [4.69, 9.17) is 4.74 Å². The van der Waals surface area contributed by atoms with Gasteiger partial charge in [-0.05, 0) is 70.7 Å². The standard InChI is InChI=1S/C19H22O2.C15H22N2O/c1-4-14-21-19(2,3)17-12-10-16(11-13-17)18(20)15-8-6-5-7-9-15;1-6-16-14(18)17-15(4,5)13-9-7-8-12(10-13)11(2)3/h5-13H,4,14H2,1-3H3;7-10H,2,6H2,1,3-5H3,(H2,16,17,18). The Morgan fingerprint density at radius 1 is 0.795 bits per heavy atom. The Bertz CT molecular complexity index is 1230. The fourth-order valence-corrected chi connectivity index (χ4v) is 3.95. The fraction of sp³-hybridized carbons (Fsp3) is 0.353. The first-order chi connectivity index (χ1) is 18.4. The lowest BCUT2D eigenvalue weighted by Crippen LogP contribution is -2.46. The minimum absolute atomic E-state index is 0.0504. The van der Waals surface area contributed by atoms with Crippen molar-refractivity contribution in [3.63, 3.8) is 0 Å². The molecule has 208 valence electrons. The molecule has 2 amide bonds. The van der Waals surface area contributed by atoms with Crippen molar-refractivity contribution in [3.8, 4) is 0 Å². The Hall–Kier alpha value is -3.70. The number of ketones is 1. The maximum Gasteiger partial charge on any atom is 0.315 e. The second-order valence-corrected chi connectivity index (χ2v) is 10.6. The van der Waals surface area contributed by atoms with Crippen LogP contribution in [0.15, 0.2) is 85.4 Å². The highest BCUT2D eigenvalue weighted by atomic mass is 16.5. The molecule has 0 bridgehead atoms. The third-order valence-corrected chi connectivity index (χ3v) is 6.39. The van der Waals surface area contributed by atoms with Crippen LogP contribution in [0.2, 0.25) is 0 Å². The average Bonchev–Trinajstić information content (AvgIpc) is 2.92. The van der Waals surface area contributed by atoms with Gasteiger partial charge in [-0.1, -0.05) is 91.9 Å². The minimum atomic E-state index is -0.412. The number of allylic oxidation sites excluding steroid dienone is 1. The van der Waals surface area contributed by atoms with E-state index in [2.05, 4.69) is 44.1 Å². The predicted octanol–water partition coefficient (Wildman–Crippen LogP) is 7.85. The fourth-order valence-electron chi connectivity index (χ4n) is 3.95. The van der Waals surface area contributed by atoms with Crippen LogP contribution in [0.4, 0.5) is 4.79 Å². The first kappa shape index (κ1) is 31.5. The van der Waals surface area contributed by atoms with E-state index >= 15 is 0 Å². The molecule has 0 aliphatic carbocycles. The molecule has 0 saturated heterocycles. The van der Waals surface area contributed by atoms with Gasteiger partial charge in [0, 0.05) is 24.3 Å². The van der Waals surface area contributed by atoms with Crippen molar-refractivity contribution >= 4 is 17.4 Å². The summed E-state index contributed by atoms with van der Waals surface area (Å²) >= 11 is 0. The molecule has 0 spiro atoms. The number of rotatable bonds is 10. The molecule has 5 nitrogen and oxygen atoms in total. The molecule has 2 N–H and O–H groups in total. The van der Waals surface area contributed by atoms with Crippen LogP contribution in [-0.2, 0) is 15.9 Å². The second-order valence-electron chi connectivity index (χ2n) is 10.6. The van der Waals surface area contributed by atoms with E-state index in [1.165, 1.54) is 0 Å². The van der Waals surface area contributed by atoms with Gasteiger partial charge in [-0.3, -0.25) is 4.79 Å². The molecule has 3 rings (SSSR count). The summed E-state index contributed by atoms with van der Waals surface area (Å²) in [5.74, 6) is 0.0504. The summed E-state index contributed by atoms with van der Waals surface area (Å²) in [6, 6.07) is 25.0. The summed E-state index contributed by atoms with van der Waals surface area (Å²) in [7, 11) is 0. The predicted molar refractivity (Wildman–Crippen MR) is 162 cm³/mol. The molecule has 0 radical (unpaired) electrons. The Balaban J connectivity index is 0.000000277. The van der Waals surface area contributed by atoms with Gasteiger partial charge in [-0.15, -0.1) is 0 Å². The number of carbonyl (C=O) groups is 2. The van der Waals surface area contributed by atoms with E-state index < -0.39 is 5.54 Å². The van der Waals surface area contributed by atoms with Gasteiger partial charge >= 0.3 is 6.03 Å². The van der Waals surface area contributed by atoms with Crippen LogP contribution in [0.5, 0.6) is 0 Å². The lowest BCUT2D eigenvalue weighted by molar-refractivity contribution is -0.0212. The van der Waals surface area contributed by atoms with Crippen molar-refractivity contribution in [1.29, 1.82) is 0 Å². The summed E-state index contributed by atoms with van der Waals surface area (Å²) in [4.78, 5) is 24.0. The molecule has 0 aromatic heterocycles. The lowest BCUT2D eigenvalue weighted by Gasteiger charge is -2.27. The summed E-state index contributed by atoms with van der Waals surface area (Å²) in [5.41, 5.74) is 4.94. The molecule has 3 aromatic rings. The van der Waals surface area contributed by atoms with Crippen molar-refractivity contribution in [1.82, 2.24) is 10.6 Å². The topological polar surface area (TPSA) is 67.4 Å². The number of carbonyl (C=O) groups excluding carboxylic acids is 2. The molecule has 5 heteroatoms. The Kier molecular flexibility index (Phi) is 11.7. The number of amides is 2. The van der Waals surface area contributed by atoms with Gasteiger partial charge < -0.3 is 15.4 Å². The monoisotopic (exact) mass is 528 g/mol. The van der Waals surface area contributed by atoms with Gasteiger partial charge in [0.15, 0.2) is 5.78 Å². The largest absolute Gasteiger partial charge is 0.371 e. The first-order valence-corrected chi connectivity index (χ1v) is 13.6. The van der Waals surface area contributed by atoms with Crippen LogP contribution in [-0.4, -0.2) is 25.0 Å². The molecule has 0 heterocycles. The van der Waals surface area contributed by atoms with Crippen LogP contribution in [0.25, 0.3) is 5.57 Å². The van der Waals surface area contributed by atoms with E-state index in [9.17, 15) is 9.59 Å². The Morgan fingerprint density at radius 3 is 1.95 bits per heavy atom. The summed E-state index contributed by atoms with van der Waals surface area (Å²) in [5, 5.41) is 5.70. The van der Waals surface area contributed by atoms with Crippen molar-refractivity contribution < 1.29 is 14.3 Å². The SMILES string of the molecule is C=C(C)c1cccc(C(C)(C)NC(=O)NCC)c1.CCCOC(C)(C)c1ccc(C(=O)c2ccccc2)cc1. The van der Waals surface area contributed by atoms with E-state index in [1.54, 1.807) is 0 Å². The van der Waals surface area contributed by atoms with Crippen molar-refractivity contribution in [2.24, 2.45) is 0 Å². The molecular weight excluding hydrogens is 484 g/mol. The van der Waals surface area contributed by atoms with Gasteiger partial charge in [0.25, 0.3) is 0 Å². The summed E-state index contributed by atoms with van der Waals surface area (Å²) in [6.07, 6.45) is 0.994. The third-order valence-electron chi connectivity index (χ3n) is 6.39. The highest BCUT2D eigenvalue weighted by Crippen LogP contribution is 2.26. The van der Waals surface area contributed by atoms with Crippen LogP contribution in [0.3, 0.4) is 0 Å². The zero-order valence-corrected chi connectivity index (χ0v) is 24.6. The molecule has 0 fully saturated rings. The smallest absolute Gasteiger partial charge is 0.315 e. The number of urea groups is 1. The number of benzene rings is 3. The van der Waals surface area contributed by atoms with Crippen molar-refractivity contribution in [2.75, 3.05) is 13.2 Å². The third kappa shape index (κ3) is 9.52. The zero-order valence-electron chi connectivity index (χ0n) is 24.6. The number of hydrogen-bond donors (Lipinski definition) is 2. The number of nitrogens with one attached hydrogen (secondary N) is 2. The van der Waals surface area contributed by atoms with Crippen LogP contribution >= 0.6 is 0 Å². The van der Waals surface area contributed by atoms with E-state index in [0.29, 0.717) is 17.7 Å². The van der Waals surface area contributed by atoms with Crippen molar-refractivity contribution in [2.45, 2.75) is 66.0 Å². The van der Waals surface area contributed by atoms with Crippen LogP contribution in [0, 0.1) is 0 Å². The molecule has 3 aromatic carbocycles. The molecule has 0 unspecified atom stereocenters. The lowest BCUT2D eigenvalue weighted by atomic mass is 9.92. The second kappa shape index (κ2) is 14.5. The average molecular weight is 529 g/mol. The molecule has 0 aliphatic rings. The van der Waals surface area contributed by atoms with Gasteiger partial charge in [0.1, 0.15) is 0 Å². The summed E-state index contributed by atoms with van der Waals surface area (Å²) in [6.45, 7) is 19.3. The normalized spacial score (nSPS) is 11.2. The first-order valence-electron chi connectivity index (χ1n) is 13.6. The highest BCUT2D eigenvalue weighted by Gasteiger charge is 2.23. The van der Waals surface area contributed by atoms with Crippen LogP contribution in [0.1, 0.15) is 87.5 Å². The molecular formula is C34H44N2O3. The van der Waals surface area contributed by atoms with Crippen LogP contribution < -0.4 is 10.6 Å². The zero-order chi connectivity index (χ0) is 29.1. The van der Waals surface area contributed by atoms with Gasteiger partial charge in [-0.25, -0.2) is 4.79 Å². The molecule has 0 saturated carbocycles. The Morgan fingerprint density at radius 2 is 1.38 bits per heavy atom. The molecule has 39 heavy (non-hydrogen) atoms. The molecule has 0 atom stereocenters. The van der Waals surface area contributed by atoms with E-state index in [-0.39, 0.29) is 17.4 Å². The van der Waals surface area contributed by atoms with E-state index in [1.807, 2.05) is 100 Å². The van der Waals surface area contributed by atoms with Crippen molar-refractivity contribution in [3.05, 3.63) is 113 Å². The number of ether oxygens (including phenoxy) is 1. The molecule has 0 aliphatic heterocycles. The van der Waals surface area contributed by atoms with Gasteiger partial charge in [0.05, 0.1) is 11.1 Å². The minimum Gasteiger partial charge on any atom is -0.371 e. The van der Waals surface area contributed by atoms with Gasteiger partial charge in [0.2, 0.25) is 0 Å². The quantitative estimate of drug-likeness (QED) is 0.263. The number of hydrogen-bond acceptors (Lipinski definition) is 3. The summed E-state index contributed by atoms with van der Waals surface area (Å²) < 4.78 is 5.86.